The Balaban J connectivity index is 2.05. The zero-order valence-corrected chi connectivity index (χ0v) is 10.0. The lowest BCUT2D eigenvalue weighted by Gasteiger charge is -2.16. The van der Waals surface area contributed by atoms with Crippen molar-refractivity contribution in [3.63, 3.8) is 0 Å². The van der Waals surface area contributed by atoms with E-state index in [1.807, 2.05) is 0 Å². The SMILES string of the molecule is CCCCCCCC(=O)C1CC=CCC1. The summed E-state index contributed by atoms with van der Waals surface area (Å²) >= 11 is 0. The first-order chi connectivity index (χ1) is 7.34. The molecule has 0 aromatic carbocycles. The molecule has 1 rings (SSSR count). The average molecular weight is 208 g/mol. The number of hydrogen-bond donors (Lipinski definition) is 0. The number of ketones is 1. The van der Waals surface area contributed by atoms with Gasteiger partial charge in [-0.2, -0.15) is 0 Å². The molecular weight excluding hydrogens is 184 g/mol. The van der Waals surface area contributed by atoms with Gasteiger partial charge in [-0.3, -0.25) is 4.79 Å². The summed E-state index contributed by atoms with van der Waals surface area (Å²) in [5.41, 5.74) is 0. The summed E-state index contributed by atoms with van der Waals surface area (Å²) in [6.45, 7) is 2.22. The zero-order chi connectivity index (χ0) is 10.9. The summed E-state index contributed by atoms with van der Waals surface area (Å²) in [5, 5.41) is 0. The van der Waals surface area contributed by atoms with Crippen LogP contribution < -0.4 is 0 Å². The van der Waals surface area contributed by atoms with Crippen molar-refractivity contribution < 1.29 is 4.79 Å². The molecule has 1 aliphatic rings. The van der Waals surface area contributed by atoms with Gasteiger partial charge in [0.25, 0.3) is 0 Å². The molecular formula is C14H24O. The molecule has 15 heavy (non-hydrogen) atoms. The lowest BCUT2D eigenvalue weighted by Crippen LogP contribution is -2.15. The van der Waals surface area contributed by atoms with E-state index in [9.17, 15) is 4.79 Å². The van der Waals surface area contributed by atoms with Gasteiger partial charge in [-0.05, 0) is 25.7 Å². The van der Waals surface area contributed by atoms with E-state index in [1.54, 1.807) is 0 Å². The third-order valence-electron chi connectivity index (χ3n) is 3.25. The van der Waals surface area contributed by atoms with Crippen LogP contribution in [0.25, 0.3) is 0 Å². The summed E-state index contributed by atoms with van der Waals surface area (Å²) in [6.07, 6.45) is 14.6. The van der Waals surface area contributed by atoms with Crippen molar-refractivity contribution in [3.8, 4) is 0 Å². The number of allylic oxidation sites excluding steroid dienone is 2. The Bertz CT molecular complexity index is 205. The fraction of sp³-hybridized carbons (Fsp3) is 0.786. The Labute approximate surface area is 93.9 Å². The maximum Gasteiger partial charge on any atom is 0.136 e. The van der Waals surface area contributed by atoms with Crippen LogP contribution in [0.4, 0.5) is 0 Å². The molecule has 1 nitrogen and oxygen atoms in total. The standard InChI is InChI=1S/C14H24O/c1-2-3-4-5-9-12-14(15)13-10-7-6-8-11-13/h6-7,13H,2-5,8-12H2,1H3. The van der Waals surface area contributed by atoms with E-state index in [0.29, 0.717) is 11.7 Å². The van der Waals surface area contributed by atoms with E-state index in [2.05, 4.69) is 19.1 Å². The largest absolute Gasteiger partial charge is 0.299 e. The second-order valence-corrected chi connectivity index (χ2v) is 4.61. The van der Waals surface area contributed by atoms with Crippen LogP contribution in [0.15, 0.2) is 12.2 Å². The van der Waals surface area contributed by atoms with Crippen LogP contribution in [0.3, 0.4) is 0 Å². The molecule has 86 valence electrons. The Morgan fingerprint density at radius 3 is 2.67 bits per heavy atom. The van der Waals surface area contributed by atoms with Gasteiger partial charge < -0.3 is 0 Å². The molecule has 0 aromatic rings. The predicted molar refractivity (Wildman–Crippen MR) is 64.9 cm³/mol. The zero-order valence-electron chi connectivity index (χ0n) is 10.0. The second-order valence-electron chi connectivity index (χ2n) is 4.61. The van der Waals surface area contributed by atoms with Crippen molar-refractivity contribution in [2.75, 3.05) is 0 Å². The minimum atomic E-state index is 0.348. The van der Waals surface area contributed by atoms with Crippen molar-refractivity contribution >= 4 is 5.78 Å². The monoisotopic (exact) mass is 208 g/mol. The first kappa shape index (κ1) is 12.5. The molecule has 1 atom stereocenters. The molecule has 0 aromatic heterocycles. The van der Waals surface area contributed by atoms with Crippen LogP contribution in [-0.4, -0.2) is 5.78 Å². The summed E-state index contributed by atoms with van der Waals surface area (Å²) in [4.78, 5) is 11.8. The van der Waals surface area contributed by atoms with Gasteiger partial charge in [0.15, 0.2) is 0 Å². The molecule has 1 unspecified atom stereocenters. The van der Waals surface area contributed by atoms with Crippen molar-refractivity contribution in [2.24, 2.45) is 5.92 Å². The molecule has 1 aliphatic carbocycles. The van der Waals surface area contributed by atoms with Gasteiger partial charge in [0, 0.05) is 12.3 Å². The number of Topliss-reactive ketones (excluding diaryl/α,β-unsaturated/α-hetero) is 1. The van der Waals surface area contributed by atoms with E-state index >= 15 is 0 Å². The molecule has 0 fully saturated rings. The second kappa shape index (κ2) is 7.67. The fourth-order valence-electron chi connectivity index (χ4n) is 2.19. The van der Waals surface area contributed by atoms with Crippen molar-refractivity contribution in [2.45, 2.75) is 64.7 Å². The van der Waals surface area contributed by atoms with Crippen LogP contribution >= 0.6 is 0 Å². The first-order valence-electron chi connectivity index (χ1n) is 6.52. The van der Waals surface area contributed by atoms with Crippen molar-refractivity contribution in [3.05, 3.63) is 12.2 Å². The Hall–Kier alpha value is -0.590. The van der Waals surface area contributed by atoms with Gasteiger partial charge in [-0.15, -0.1) is 0 Å². The maximum atomic E-state index is 11.8. The Morgan fingerprint density at radius 2 is 2.00 bits per heavy atom. The normalized spacial score (nSPS) is 20.5. The Morgan fingerprint density at radius 1 is 1.20 bits per heavy atom. The molecule has 0 saturated carbocycles. The number of hydrogen-bond acceptors (Lipinski definition) is 1. The van der Waals surface area contributed by atoms with Crippen LogP contribution in [-0.2, 0) is 4.79 Å². The lowest BCUT2D eigenvalue weighted by atomic mass is 9.88. The molecule has 0 aliphatic heterocycles. The topological polar surface area (TPSA) is 17.1 Å². The average Bonchev–Trinajstić information content (AvgIpc) is 2.30. The quantitative estimate of drug-likeness (QED) is 0.451. The van der Waals surface area contributed by atoms with E-state index in [1.165, 1.54) is 25.7 Å². The van der Waals surface area contributed by atoms with Gasteiger partial charge in [0.1, 0.15) is 5.78 Å². The number of carbonyl (C=O) groups is 1. The number of rotatable bonds is 7. The predicted octanol–water partition coefficient (Wildman–Crippen LogP) is 4.27. The van der Waals surface area contributed by atoms with Crippen LogP contribution in [0, 0.1) is 5.92 Å². The smallest absolute Gasteiger partial charge is 0.136 e. The maximum absolute atomic E-state index is 11.8. The molecule has 0 amide bonds. The molecule has 0 saturated heterocycles. The molecule has 0 radical (unpaired) electrons. The number of carbonyl (C=O) groups excluding carboxylic acids is 1. The summed E-state index contributed by atoms with van der Waals surface area (Å²) in [5.74, 6) is 0.858. The molecule has 0 bridgehead atoms. The highest BCUT2D eigenvalue weighted by molar-refractivity contribution is 5.81. The van der Waals surface area contributed by atoms with Gasteiger partial charge in [0.05, 0.1) is 0 Å². The summed E-state index contributed by atoms with van der Waals surface area (Å²) in [6, 6.07) is 0. The van der Waals surface area contributed by atoms with Crippen molar-refractivity contribution in [1.29, 1.82) is 0 Å². The number of unbranched alkanes of at least 4 members (excludes halogenated alkanes) is 4. The van der Waals surface area contributed by atoms with Crippen LogP contribution in [0.2, 0.25) is 0 Å². The third kappa shape index (κ3) is 5.15. The van der Waals surface area contributed by atoms with Crippen LogP contribution in [0.5, 0.6) is 0 Å². The summed E-state index contributed by atoms with van der Waals surface area (Å²) in [7, 11) is 0. The van der Waals surface area contributed by atoms with Crippen molar-refractivity contribution in [1.82, 2.24) is 0 Å². The highest BCUT2D eigenvalue weighted by Crippen LogP contribution is 2.21. The van der Waals surface area contributed by atoms with Gasteiger partial charge in [-0.1, -0.05) is 44.8 Å². The fourth-order valence-corrected chi connectivity index (χ4v) is 2.19. The van der Waals surface area contributed by atoms with Gasteiger partial charge >= 0.3 is 0 Å². The van der Waals surface area contributed by atoms with E-state index in [0.717, 1.165) is 32.1 Å². The highest BCUT2D eigenvalue weighted by Gasteiger charge is 2.17. The minimum absolute atomic E-state index is 0.348. The third-order valence-corrected chi connectivity index (χ3v) is 3.25. The lowest BCUT2D eigenvalue weighted by molar-refractivity contribution is -0.123. The molecule has 0 spiro atoms. The molecule has 0 heterocycles. The molecule has 0 N–H and O–H groups in total. The van der Waals surface area contributed by atoms with E-state index in [4.69, 9.17) is 0 Å². The van der Waals surface area contributed by atoms with Gasteiger partial charge in [-0.25, -0.2) is 0 Å². The van der Waals surface area contributed by atoms with Crippen LogP contribution in [0.1, 0.15) is 64.7 Å². The molecule has 1 heteroatoms. The first-order valence-corrected chi connectivity index (χ1v) is 6.52. The Kier molecular flexibility index (Phi) is 6.38. The minimum Gasteiger partial charge on any atom is -0.299 e. The highest BCUT2D eigenvalue weighted by atomic mass is 16.1. The summed E-state index contributed by atoms with van der Waals surface area (Å²) < 4.78 is 0. The van der Waals surface area contributed by atoms with E-state index < -0.39 is 0 Å². The van der Waals surface area contributed by atoms with Gasteiger partial charge in [0.2, 0.25) is 0 Å². The van der Waals surface area contributed by atoms with E-state index in [-0.39, 0.29) is 0 Å².